The molecule has 4 rings (SSSR count). The maximum absolute atomic E-state index is 12.0. The van der Waals surface area contributed by atoms with Crippen molar-refractivity contribution in [1.82, 2.24) is 5.32 Å². The Morgan fingerprint density at radius 3 is 2.53 bits per heavy atom. The summed E-state index contributed by atoms with van der Waals surface area (Å²) in [5.74, 6) is 2.44. The third-order valence-electron chi connectivity index (χ3n) is 10.4. The molecular formula is C25H43NO5S. The van der Waals surface area contributed by atoms with Gasteiger partial charge < -0.3 is 10.4 Å². The monoisotopic (exact) mass is 469 g/mol. The molecule has 0 spiro atoms. The van der Waals surface area contributed by atoms with Gasteiger partial charge in [-0.15, -0.1) is 0 Å². The van der Waals surface area contributed by atoms with Gasteiger partial charge in [-0.3, -0.25) is 9.35 Å². The molecule has 1 amide bonds. The van der Waals surface area contributed by atoms with Crippen molar-refractivity contribution in [3.05, 3.63) is 0 Å². The van der Waals surface area contributed by atoms with Crippen molar-refractivity contribution in [3.8, 4) is 0 Å². The van der Waals surface area contributed by atoms with Gasteiger partial charge in [-0.2, -0.15) is 8.42 Å². The summed E-state index contributed by atoms with van der Waals surface area (Å²) in [4.78, 5) is 12.0. The molecule has 4 aliphatic rings. The molecule has 32 heavy (non-hydrogen) atoms. The van der Waals surface area contributed by atoms with Gasteiger partial charge in [0.2, 0.25) is 5.91 Å². The standard InChI is InChI=1S/C25H43NO5S/c1-24-12-4-3-6-18(24)16-21(27)23-19-10-9-17(25(19,2)13-11-20(23)24)7-5-8-22(28)26-14-15-32(29,30)31/h17-21,23,27H,3-16H2,1-2H3,(H,26,28)(H,29,30,31)/t17?,18?,19-,20-,21?,23?,24?,25?/m0/s1. The molecule has 6 unspecified atom stereocenters. The Hall–Kier alpha value is -0.660. The molecule has 6 nitrogen and oxygen atoms in total. The first kappa shape index (κ1) is 24.5. The lowest BCUT2D eigenvalue weighted by Gasteiger charge is -2.62. The van der Waals surface area contributed by atoms with Crippen LogP contribution in [0.25, 0.3) is 0 Å². The van der Waals surface area contributed by atoms with Gasteiger partial charge in [0.25, 0.3) is 10.1 Å². The van der Waals surface area contributed by atoms with E-state index in [-0.39, 0.29) is 24.0 Å². The SMILES string of the molecule is CC12CC[C@H]3C(C(O)CC4CCCCC43C)[C@@H]1CCC2CCCC(=O)NCCS(=O)(=O)O. The maximum atomic E-state index is 12.0. The van der Waals surface area contributed by atoms with E-state index in [0.29, 0.717) is 41.4 Å². The zero-order valence-electron chi connectivity index (χ0n) is 19.9. The van der Waals surface area contributed by atoms with E-state index >= 15 is 0 Å². The van der Waals surface area contributed by atoms with Gasteiger partial charge in [0.15, 0.2) is 0 Å². The van der Waals surface area contributed by atoms with Crippen LogP contribution in [0.3, 0.4) is 0 Å². The third-order valence-corrected chi connectivity index (χ3v) is 11.2. The molecular weight excluding hydrogens is 426 g/mol. The molecule has 0 aromatic rings. The van der Waals surface area contributed by atoms with Gasteiger partial charge in [0.05, 0.1) is 11.9 Å². The first-order valence-corrected chi connectivity index (χ1v) is 14.6. The van der Waals surface area contributed by atoms with E-state index < -0.39 is 15.9 Å². The van der Waals surface area contributed by atoms with E-state index in [9.17, 15) is 18.3 Å². The molecule has 0 bridgehead atoms. The molecule has 0 heterocycles. The van der Waals surface area contributed by atoms with E-state index in [1.165, 1.54) is 51.4 Å². The number of fused-ring (bicyclic) bond motifs is 5. The second kappa shape index (κ2) is 9.18. The van der Waals surface area contributed by atoms with Crippen LogP contribution in [0.1, 0.15) is 90.9 Å². The highest BCUT2D eigenvalue weighted by atomic mass is 32.2. The van der Waals surface area contributed by atoms with Crippen LogP contribution in [0.4, 0.5) is 0 Å². The minimum Gasteiger partial charge on any atom is -0.393 e. The zero-order chi connectivity index (χ0) is 23.1. The van der Waals surface area contributed by atoms with Gasteiger partial charge in [0.1, 0.15) is 0 Å². The van der Waals surface area contributed by atoms with Crippen molar-refractivity contribution in [2.45, 2.75) is 97.0 Å². The van der Waals surface area contributed by atoms with Gasteiger partial charge in [-0.05, 0) is 98.2 Å². The number of hydrogen-bond donors (Lipinski definition) is 3. The zero-order valence-corrected chi connectivity index (χ0v) is 20.7. The summed E-state index contributed by atoms with van der Waals surface area (Å²) in [6.07, 6.45) is 13.3. The van der Waals surface area contributed by atoms with Crippen LogP contribution >= 0.6 is 0 Å². The van der Waals surface area contributed by atoms with E-state index in [2.05, 4.69) is 19.2 Å². The van der Waals surface area contributed by atoms with Gasteiger partial charge in [0, 0.05) is 13.0 Å². The van der Waals surface area contributed by atoms with Crippen molar-refractivity contribution >= 4 is 16.0 Å². The third kappa shape index (κ3) is 4.63. The quantitative estimate of drug-likeness (QED) is 0.485. The molecule has 0 saturated heterocycles. The summed E-state index contributed by atoms with van der Waals surface area (Å²) in [6, 6.07) is 0. The lowest BCUT2D eigenvalue weighted by atomic mass is 9.44. The highest BCUT2D eigenvalue weighted by molar-refractivity contribution is 7.85. The van der Waals surface area contributed by atoms with Crippen LogP contribution in [0.2, 0.25) is 0 Å². The molecule has 0 aromatic carbocycles. The Balaban J connectivity index is 1.34. The van der Waals surface area contributed by atoms with Crippen molar-refractivity contribution in [1.29, 1.82) is 0 Å². The van der Waals surface area contributed by atoms with E-state index in [1.54, 1.807) is 0 Å². The summed E-state index contributed by atoms with van der Waals surface area (Å²) >= 11 is 0. The highest BCUT2D eigenvalue weighted by Gasteiger charge is 2.61. The van der Waals surface area contributed by atoms with Crippen molar-refractivity contribution < 1.29 is 22.9 Å². The van der Waals surface area contributed by atoms with Crippen LogP contribution in [0.15, 0.2) is 0 Å². The normalized spacial score (nSPS) is 43.8. The Labute approximate surface area is 194 Å². The first-order chi connectivity index (χ1) is 15.0. The van der Waals surface area contributed by atoms with Crippen molar-refractivity contribution in [2.75, 3.05) is 12.3 Å². The molecule has 4 aliphatic carbocycles. The Morgan fingerprint density at radius 1 is 1.03 bits per heavy atom. The number of nitrogens with one attached hydrogen (secondary N) is 1. The molecule has 0 aromatic heterocycles. The summed E-state index contributed by atoms with van der Waals surface area (Å²) in [5.41, 5.74) is 0.684. The number of carbonyl (C=O) groups excluding carboxylic acids is 1. The average molecular weight is 470 g/mol. The predicted molar refractivity (Wildman–Crippen MR) is 125 cm³/mol. The van der Waals surface area contributed by atoms with E-state index in [0.717, 1.165) is 19.3 Å². The number of carbonyl (C=O) groups is 1. The molecule has 3 N–H and O–H groups in total. The largest absolute Gasteiger partial charge is 0.393 e. The maximum Gasteiger partial charge on any atom is 0.266 e. The van der Waals surface area contributed by atoms with E-state index in [4.69, 9.17) is 4.55 Å². The van der Waals surface area contributed by atoms with E-state index in [1.807, 2.05) is 0 Å². The lowest BCUT2D eigenvalue weighted by molar-refractivity contribution is -0.162. The van der Waals surface area contributed by atoms with Crippen LogP contribution in [-0.2, 0) is 14.9 Å². The highest BCUT2D eigenvalue weighted by Crippen LogP contribution is 2.67. The molecule has 4 saturated carbocycles. The Morgan fingerprint density at radius 2 is 1.78 bits per heavy atom. The smallest absolute Gasteiger partial charge is 0.266 e. The molecule has 4 fully saturated rings. The Kier molecular flexibility index (Phi) is 7.02. The topological polar surface area (TPSA) is 104 Å². The molecule has 0 aliphatic heterocycles. The fourth-order valence-electron chi connectivity index (χ4n) is 8.75. The number of amides is 1. The number of aliphatic hydroxyl groups excluding tert-OH is 1. The fraction of sp³-hybridized carbons (Fsp3) is 0.960. The van der Waals surface area contributed by atoms with Crippen molar-refractivity contribution in [3.63, 3.8) is 0 Å². The minimum absolute atomic E-state index is 0.0401. The number of hydrogen-bond acceptors (Lipinski definition) is 4. The van der Waals surface area contributed by atoms with Crippen molar-refractivity contribution in [2.24, 2.45) is 40.4 Å². The van der Waals surface area contributed by atoms with Gasteiger partial charge >= 0.3 is 0 Å². The number of aliphatic hydroxyl groups is 1. The molecule has 7 heteroatoms. The van der Waals surface area contributed by atoms with Crippen LogP contribution in [0, 0.1) is 40.4 Å². The van der Waals surface area contributed by atoms with Gasteiger partial charge in [-0.1, -0.05) is 26.7 Å². The fourth-order valence-corrected chi connectivity index (χ4v) is 9.11. The summed E-state index contributed by atoms with van der Waals surface area (Å²) < 4.78 is 30.3. The van der Waals surface area contributed by atoms with Crippen LogP contribution < -0.4 is 5.32 Å². The molecule has 8 atom stereocenters. The van der Waals surface area contributed by atoms with Crippen LogP contribution in [-0.4, -0.2) is 42.4 Å². The lowest BCUT2D eigenvalue weighted by Crippen LogP contribution is -2.57. The molecule has 184 valence electrons. The Bertz CT molecular complexity index is 800. The first-order valence-electron chi connectivity index (χ1n) is 12.9. The van der Waals surface area contributed by atoms with Crippen LogP contribution in [0.5, 0.6) is 0 Å². The average Bonchev–Trinajstić information content (AvgIpc) is 3.04. The second-order valence-corrected chi connectivity index (χ2v) is 13.5. The summed E-state index contributed by atoms with van der Waals surface area (Å²) in [5, 5.41) is 13.9. The summed E-state index contributed by atoms with van der Waals surface area (Å²) in [6.45, 7) is 4.96. The minimum atomic E-state index is -4.04. The number of rotatable bonds is 7. The van der Waals surface area contributed by atoms with Gasteiger partial charge in [-0.25, -0.2) is 0 Å². The predicted octanol–water partition coefficient (Wildman–Crippen LogP) is 4.18. The second-order valence-electron chi connectivity index (χ2n) is 11.9. The molecule has 0 radical (unpaired) electrons. The summed E-state index contributed by atoms with van der Waals surface area (Å²) in [7, 11) is -4.04.